The third-order valence-corrected chi connectivity index (χ3v) is 3.41. The van der Waals surface area contributed by atoms with Gasteiger partial charge in [-0.05, 0) is 36.2 Å². The van der Waals surface area contributed by atoms with Gasteiger partial charge in [0.15, 0.2) is 6.61 Å². The Bertz CT molecular complexity index is 698. The second kappa shape index (κ2) is 8.57. The molecule has 2 rings (SSSR count). The fraction of sp³-hybridized carbons (Fsp3) is 0.222. The molecule has 0 spiro atoms. The molecule has 3 N–H and O–H groups in total. The predicted octanol–water partition coefficient (Wildman–Crippen LogP) is 1.53. The number of rotatable bonds is 8. The topological polar surface area (TPSA) is 90.7 Å². The predicted molar refractivity (Wildman–Crippen MR) is 90.2 cm³/mol. The van der Waals surface area contributed by atoms with E-state index in [0.717, 1.165) is 11.3 Å². The first-order valence-electron chi connectivity index (χ1n) is 7.51. The van der Waals surface area contributed by atoms with Crippen LogP contribution in [0.2, 0.25) is 0 Å². The molecule has 0 radical (unpaired) electrons. The summed E-state index contributed by atoms with van der Waals surface area (Å²) in [6.45, 7) is 0.318. The lowest BCUT2D eigenvalue weighted by molar-refractivity contribution is -0.123. The van der Waals surface area contributed by atoms with Gasteiger partial charge < -0.3 is 20.5 Å². The number of para-hydroxylation sites is 1. The van der Waals surface area contributed by atoms with Crippen molar-refractivity contribution in [2.75, 3.05) is 20.3 Å². The van der Waals surface area contributed by atoms with Crippen molar-refractivity contribution in [2.24, 2.45) is 5.73 Å². The molecule has 0 atom stereocenters. The van der Waals surface area contributed by atoms with Crippen LogP contribution in [-0.2, 0) is 11.2 Å². The number of ether oxygens (including phenoxy) is 2. The molecule has 6 heteroatoms. The lowest BCUT2D eigenvalue weighted by atomic mass is 10.1. The smallest absolute Gasteiger partial charge is 0.257 e. The molecule has 2 amide bonds. The molecular formula is C18H20N2O4. The van der Waals surface area contributed by atoms with Crippen LogP contribution in [-0.4, -0.2) is 32.1 Å². The number of primary amides is 1. The molecule has 0 fully saturated rings. The highest BCUT2D eigenvalue weighted by Crippen LogP contribution is 2.16. The molecule has 0 unspecified atom stereocenters. The minimum absolute atomic E-state index is 0.174. The van der Waals surface area contributed by atoms with Crippen LogP contribution in [0.15, 0.2) is 48.5 Å². The number of nitrogens with one attached hydrogen (secondary N) is 1. The Balaban J connectivity index is 1.76. The van der Waals surface area contributed by atoms with E-state index in [2.05, 4.69) is 5.32 Å². The maximum absolute atomic E-state index is 11.8. The minimum atomic E-state index is -0.592. The van der Waals surface area contributed by atoms with Gasteiger partial charge in [0, 0.05) is 6.54 Å². The van der Waals surface area contributed by atoms with E-state index in [9.17, 15) is 9.59 Å². The SMILES string of the molecule is COc1ccc(CCNC(=O)COc2ccccc2C(N)=O)cc1. The zero-order valence-electron chi connectivity index (χ0n) is 13.5. The fourth-order valence-corrected chi connectivity index (χ4v) is 2.13. The van der Waals surface area contributed by atoms with Gasteiger partial charge in [0.2, 0.25) is 0 Å². The first kappa shape index (κ1) is 17.3. The summed E-state index contributed by atoms with van der Waals surface area (Å²) in [6.07, 6.45) is 0.702. The average molecular weight is 328 g/mol. The van der Waals surface area contributed by atoms with E-state index < -0.39 is 5.91 Å². The standard InChI is InChI=1S/C18H20N2O4/c1-23-14-8-6-13(7-9-14)10-11-20-17(21)12-24-16-5-3-2-4-15(16)18(19)22/h2-9H,10-12H2,1H3,(H2,19,22)(H,20,21). The van der Waals surface area contributed by atoms with Crippen LogP contribution in [0.5, 0.6) is 11.5 Å². The van der Waals surface area contributed by atoms with Crippen molar-refractivity contribution in [3.05, 3.63) is 59.7 Å². The van der Waals surface area contributed by atoms with Gasteiger partial charge in [0.1, 0.15) is 11.5 Å². The summed E-state index contributed by atoms with van der Waals surface area (Å²) in [5, 5.41) is 2.77. The zero-order chi connectivity index (χ0) is 17.4. The molecule has 126 valence electrons. The third kappa shape index (κ3) is 5.01. The molecule has 0 aromatic heterocycles. The molecule has 0 saturated heterocycles. The molecule has 0 aliphatic heterocycles. The number of carbonyl (C=O) groups is 2. The van der Waals surface area contributed by atoms with E-state index in [-0.39, 0.29) is 18.1 Å². The molecular weight excluding hydrogens is 308 g/mol. The molecule has 0 bridgehead atoms. The minimum Gasteiger partial charge on any atom is -0.497 e. The van der Waals surface area contributed by atoms with Gasteiger partial charge in [-0.1, -0.05) is 24.3 Å². The van der Waals surface area contributed by atoms with Crippen molar-refractivity contribution < 1.29 is 19.1 Å². The van der Waals surface area contributed by atoms with Gasteiger partial charge in [0.25, 0.3) is 11.8 Å². The Morgan fingerprint density at radius 1 is 1.08 bits per heavy atom. The summed E-state index contributed by atoms with van der Waals surface area (Å²) in [6, 6.07) is 14.2. The number of nitrogens with two attached hydrogens (primary N) is 1. The van der Waals surface area contributed by atoms with Gasteiger partial charge >= 0.3 is 0 Å². The maximum Gasteiger partial charge on any atom is 0.257 e. The van der Waals surface area contributed by atoms with Crippen LogP contribution in [0.25, 0.3) is 0 Å². The number of benzene rings is 2. The van der Waals surface area contributed by atoms with E-state index in [1.54, 1.807) is 31.4 Å². The monoisotopic (exact) mass is 328 g/mol. The summed E-state index contributed by atoms with van der Waals surface area (Å²) in [5.41, 5.74) is 6.60. The normalized spacial score (nSPS) is 10.0. The summed E-state index contributed by atoms with van der Waals surface area (Å²) in [4.78, 5) is 23.1. The van der Waals surface area contributed by atoms with Crippen molar-refractivity contribution in [3.8, 4) is 11.5 Å². The highest BCUT2D eigenvalue weighted by atomic mass is 16.5. The van der Waals surface area contributed by atoms with Gasteiger partial charge in [-0.2, -0.15) is 0 Å². The average Bonchev–Trinajstić information content (AvgIpc) is 2.60. The summed E-state index contributed by atoms with van der Waals surface area (Å²) < 4.78 is 10.5. The van der Waals surface area contributed by atoms with E-state index >= 15 is 0 Å². The lowest BCUT2D eigenvalue weighted by Gasteiger charge is -2.10. The maximum atomic E-state index is 11.8. The number of hydrogen-bond acceptors (Lipinski definition) is 4. The van der Waals surface area contributed by atoms with Crippen molar-refractivity contribution in [3.63, 3.8) is 0 Å². The molecule has 2 aromatic rings. The second-order valence-electron chi connectivity index (χ2n) is 5.10. The number of carbonyl (C=O) groups excluding carboxylic acids is 2. The van der Waals surface area contributed by atoms with Crippen LogP contribution in [0.3, 0.4) is 0 Å². The molecule has 2 aromatic carbocycles. The van der Waals surface area contributed by atoms with E-state index in [0.29, 0.717) is 18.7 Å². The van der Waals surface area contributed by atoms with Crippen LogP contribution >= 0.6 is 0 Å². The Kier molecular flexibility index (Phi) is 6.19. The molecule has 6 nitrogen and oxygen atoms in total. The summed E-state index contributed by atoms with van der Waals surface area (Å²) in [7, 11) is 1.62. The van der Waals surface area contributed by atoms with Crippen LogP contribution in [0.4, 0.5) is 0 Å². The first-order chi connectivity index (χ1) is 11.6. The van der Waals surface area contributed by atoms with Gasteiger partial charge in [-0.25, -0.2) is 0 Å². The van der Waals surface area contributed by atoms with Gasteiger partial charge in [-0.3, -0.25) is 9.59 Å². The van der Waals surface area contributed by atoms with Crippen molar-refractivity contribution in [1.82, 2.24) is 5.32 Å². The van der Waals surface area contributed by atoms with Gasteiger partial charge in [0.05, 0.1) is 12.7 Å². The zero-order valence-corrected chi connectivity index (χ0v) is 13.5. The third-order valence-electron chi connectivity index (χ3n) is 3.41. The lowest BCUT2D eigenvalue weighted by Crippen LogP contribution is -2.30. The van der Waals surface area contributed by atoms with Crippen molar-refractivity contribution >= 4 is 11.8 Å². The Hall–Kier alpha value is -3.02. The molecule has 0 saturated carbocycles. The number of amides is 2. The Morgan fingerprint density at radius 3 is 2.46 bits per heavy atom. The largest absolute Gasteiger partial charge is 0.497 e. The van der Waals surface area contributed by atoms with Crippen molar-refractivity contribution in [2.45, 2.75) is 6.42 Å². The van der Waals surface area contributed by atoms with E-state index in [1.165, 1.54) is 0 Å². The highest BCUT2D eigenvalue weighted by molar-refractivity contribution is 5.95. The van der Waals surface area contributed by atoms with Crippen molar-refractivity contribution in [1.29, 1.82) is 0 Å². The van der Waals surface area contributed by atoms with Crippen LogP contribution in [0.1, 0.15) is 15.9 Å². The number of hydrogen-bond donors (Lipinski definition) is 2. The highest BCUT2D eigenvalue weighted by Gasteiger charge is 2.10. The fourth-order valence-electron chi connectivity index (χ4n) is 2.13. The first-order valence-corrected chi connectivity index (χ1v) is 7.51. The Morgan fingerprint density at radius 2 is 1.79 bits per heavy atom. The molecule has 0 heterocycles. The molecule has 0 aliphatic rings. The van der Waals surface area contributed by atoms with E-state index in [1.807, 2.05) is 24.3 Å². The second-order valence-corrected chi connectivity index (χ2v) is 5.10. The Labute approximate surface area is 140 Å². The number of methoxy groups -OCH3 is 1. The van der Waals surface area contributed by atoms with Crippen LogP contribution < -0.4 is 20.5 Å². The van der Waals surface area contributed by atoms with Gasteiger partial charge in [-0.15, -0.1) is 0 Å². The quantitative estimate of drug-likeness (QED) is 0.769. The summed E-state index contributed by atoms with van der Waals surface area (Å²) in [5.74, 6) is 0.243. The summed E-state index contributed by atoms with van der Waals surface area (Å²) >= 11 is 0. The molecule has 0 aliphatic carbocycles. The van der Waals surface area contributed by atoms with Crippen LogP contribution in [0, 0.1) is 0 Å². The molecule has 24 heavy (non-hydrogen) atoms. The van der Waals surface area contributed by atoms with E-state index in [4.69, 9.17) is 15.2 Å².